The SMILES string of the molecule is O=P([O-])(O)CN1CCN(CP(=O)([O-])O)Cc2cccc(n2)CN(CP(=O)([O-])O)CC1.[Y+3]. The first kappa shape index (κ1) is 29.6. The molecule has 2 rings (SSSR count). The number of hydrogen-bond acceptors (Lipinski definition) is 10. The van der Waals surface area contributed by atoms with Crippen LogP contribution in [0.5, 0.6) is 0 Å². The van der Waals surface area contributed by atoms with Gasteiger partial charge in [0.1, 0.15) is 22.8 Å². The van der Waals surface area contributed by atoms with Crippen molar-refractivity contribution in [1.82, 2.24) is 19.7 Å². The van der Waals surface area contributed by atoms with E-state index in [9.17, 15) is 43.1 Å². The molecule has 13 nitrogen and oxygen atoms in total. The summed E-state index contributed by atoms with van der Waals surface area (Å²) in [5.74, 6) is 0. The minimum atomic E-state index is -4.69. The number of hydrogen-bond donors (Lipinski definition) is 3. The van der Waals surface area contributed by atoms with E-state index in [2.05, 4.69) is 4.98 Å². The molecular formula is C14H24N4O9P3Y. The second-order valence-electron chi connectivity index (χ2n) is 7.18. The Bertz CT molecular complexity index is 808. The summed E-state index contributed by atoms with van der Waals surface area (Å²) in [5.41, 5.74) is 0.915. The second kappa shape index (κ2) is 12.3. The van der Waals surface area contributed by atoms with Gasteiger partial charge < -0.3 is 43.1 Å². The zero-order valence-electron chi connectivity index (χ0n) is 16.6. The zero-order valence-corrected chi connectivity index (χ0v) is 22.1. The standard InChI is InChI=1S/C14H27N4O9P3.Y/c19-28(20,21)10-16-4-6-17(11-29(22,23)24)8-13-2-1-3-14(15-13)9-18(7-5-16)12-30(25,26)27;/h1-3H,4-12H2,(H2,19,20,21)(H2,22,23,24)(H2,25,26,27);/q;+3/p-3. The van der Waals surface area contributed by atoms with Crippen molar-refractivity contribution < 1.29 is 75.8 Å². The van der Waals surface area contributed by atoms with Gasteiger partial charge in [0.15, 0.2) is 0 Å². The van der Waals surface area contributed by atoms with Crippen molar-refractivity contribution in [3.8, 4) is 0 Å². The third-order valence-corrected chi connectivity index (χ3v) is 6.51. The quantitative estimate of drug-likeness (QED) is 0.302. The summed E-state index contributed by atoms with van der Waals surface area (Å²) in [6.45, 7) is 0.131. The van der Waals surface area contributed by atoms with Gasteiger partial charge in [0.05, 0.1) is 30.2 Å². The minimum absolute atomic E-state index is 0. The molecule has 0 aromatic carbocycles. The van der Waals surface area contributed by atoms with Crippen LogP contribution in [-0.2, 0) is 59.5 Å². The Morgan fingerprint density at radius 2 is 1.06 bits per heavy atom. The van der Waals surface area contributed by atoms with E-state index < -0.39 is 41.6 Å². The van der Waals surface area contributed by atoms with Gasteiger partial charge in [-0.05, 0) is 12.1 Å². The Morgan fingerprint density at radius 3 is 1.42 bits per heavy atom. The number of fused-ring (bicyclic) bond motifs is 2. The molecular weight excluding hydrogens is 550 g/mol. The van der Waals surface area contributed by atoms with Gasteiger partial charge in [-0.3, -0.25) is 19.7 Å². The molecule has 0 radical (unpaired) electrons. The van der Waals surface area contributed by atoms with Gasteiger partial charge in [-0.25, -0.2) is 0 Å². The number of nitrogens with zero attached hydrogens (tertiary/aromatic N) is 4. The first-order valence-electron chi connectivity index (χ1n) is 8.89. The van der Waals surface area contributed by atoms with Gasteiger partial charge in [-0.15, -0.1) is 0 Å². The van der Waals surface area contributed by atoms with Crippen LogP contribution in [0.3, 0.4) is 0 Å². The van der Waals surface area contributed by atoms with Crippen LogP contribution in [0.25, 0.3) is 0 Å². The van der Waals surface area contributed by atoms with Crippen molar-refractivity contribution in [3.63, 3.8) is 0 Å². The maximum atomic E-state index is 11.4. The number of aromatic nitrogens is 1. The van der Waals surface area contributed by atoms with E-state index in [-0.39, 0.29) is 72.0 Å². The smallest absolute Gasteiger partial charge is 0.778 e. The maximum absolute atomic E-state index is 11.4. The normalized spacial score (nSPS) is 23.3. The van der Waals surface area contributed by atoms with E-state index in [4.69, 9.17) is 0 Å². The van der Waals surface area contributed by atoms with Crippen LogP contribution in [-0.4, -0.2) is 79.4 Å². The van der Waals surface area contributed by atoms with E-state index in [1.807, 2.05) is 0 Å². The third-order valence-electron chi connectivity index (χ3n) is 4.24. The van der Waals surface area contributed by atoms with Gasteiger partial charge in [0.25, 0.3) is 0 Å². The number of pyridine rings is 1. The first-order chi connectivity index (χ1) is 13.7. The Balaban J connectivity index is 0.00000480. The van der Waals surface area contributed by atoms with Crippen molar-refractivity contribution in [2.75, 3.05) is 45.0 Å². The van der Waals surface area contributed by atoms with E-state index >= 15 is 0 Å². The summed E-state index contributed by atoms with van der Waals surface area (Å²) in [5, 5.41) is 0. The van der Waals surface area contributed by atoms with Crippen molar-refractivity contribution in [3.05, 3.63) is 29.6 Å². The average molecular weight is 574 g/mol. The maximum Gasteiger partial charge on any atom is 3.00 e. The summed E-state index contributed by atoms with van der Waals surface area (Å²) in [7, 11) is -14.0. The van der Waals surface area contributed by atoms with E-state index in [0.29, 0.717) is 11.4 Å². The van der Waals surface area contributed by atoms with Crippen molar-refractivity contribution in [1.29, 1.82) is 0 Å². The van der Waals surface area contributed by atoms with E-state index in [0.717, 1.165) is 0 Å². The molecule has 31 heavy (non-hydrogen) atoms. The molecule has 0 saturated carbocycles. The van der Waals surface area contributed by atoms with Crippen LogP contribution in [0, 0.1) is 0 Å². The summed E-state index contributed by atoms with van der Waals surface area (Å²) >= 11 is 0. The van der Waals surface area contributed by atoms with Crippen molar-refractivity contribution in [2.24, 2.45) is 0 Å². The molecule has 3 N–H and O–H groups in total. The summed E-state index contributed by atoms with van der Waals surface area (Å²) in [6.07, 6.45) is -2.06. The van der Waals surface area contributed by atoms with Crippen molar-refractivity contribution >= 4 is 22.8 Å². The van der Waals surface area contributed by atoms with Crippen LogP contribution >= 0.6 is 22.8 Å². The number of rotatable bonds is 6. The van der Waals surface area contributed by atoms with Gasteiger partial charge in [0, 0.05) is 39.3 Å². The zero-order chi connectivity index (χ0) is 22.6. The molecule has 0 saturated heterocycles. The van der Waals surface area contributed by atoms with E-state index in [1.165, 1.54) is 14.7 Å². The Labute approximate surface area is 205 Å². The summed E-state index contributed by atoms with van der Waals surface area (Å²) < 4.78 is 34.1. The molecule has 0 aliphatic carbocycles. The van der Waals surface area contributed by atoms with Gasteiger partial charge >= 0.3 is 32.7 Å². The largest absolute Gasteiger partial charge is 3.00 e. The van der Waals surface area contributed by atoms with Crippen molar-refractivity contribution in [2.45, 2.75) is 13.1 Å². The molecule has 1 aromatic heterocycles. The Kier molecular flexibility index (Phi) is 11.8. The fourth-order valence-corrected chi connectivity index (χ4v) is 5.42. The molecule has 0 fully saturated rings. The molecule has 0 spiro atoms. The van der Waals surface area contributed by atoms with Crippen LogP contribution in [0.2, 0.25) is 0 Å². The molecule has 172 valence electrons. The molecule has 17 heteroatoms. The molecule has 1 aromatic rings. The van der Waals surface area contributed by atoms with Crippen LogP contribution in [0.1, 0.15) is 11.4 Å². The molecule has 1 aliphatic rings. The van der Waals surface area contributed by atoms with Crippen LogP contribution in [0.4, 0.5) is 0 Å². The molecule has 3 atom stereocenters. The molecule has 1 aliphatic heterocycles. The van der Waals surface area contributed by atoms with Crippen LogP contribution < -0.4 is 14.7 Å². The Hall–Kier alpha value is 0.584. The average Bonchev–Trinajstić information content (AvgIpc) is 2.52. The predicted octanol–water partition coefficient (Wildman–Crippen LogP) is -2.49. The molecule has 0 amide bonds. The second-order valence-corrected chi connectivity index (χ2v) is 11.9. The fourth-order valence-electron chi connectivity index (χ4n) is 3.14. The first-order valence-corrected chi connectivity index (χ1v) is 14.2. The van der Waals surface area contributed by atoms with Gasteiger partial charge in [-0.1, -0.05) is 6.07 Å². The van der Waals surface area contributed by atoms with Gasteiger partial charge in [-0.2, -0.15) is 0 Å². The van der Waals surface area contributed by atoms with Gasteiger partial charge in [0.2, 0.25) is 0 Å². The topological polar surface area (TPSA) is 204 Å². The molecule has 3 unspecified atom stereocenters. The monoisotopic (exact) mass is 574 g/mol. The molecule has 2 heterocycles. The predicted molar refractivity (Wildman–Crippen MR) is 101 cm³/mol. The van der Waals surface area contributed by atoms with Crippen LogP contribution in [0.15, 0.2) is 18.2 Å². The third kappa shape index (κ3) is 13.2. The van der Waals surface area contributed by atoms with E-state index in [1.54, 1.807) is 18.2 Å². The summed E-state index contributed by atoms with van der Waals surface area (Å²) in [6, 6.07) is 4.92. The fraction of sp³-hybridized carbons (Fsp3) is 0.643. The Morgan fingerprint density at radius 1 is 0.742 bits per heavy atom. The summed E-state index contributed by atoms with van der Waals surface area (Å²) in [4.78, 5) is 70.2. The molecule has 2 bridgehead atoms. The minimum Gasteiger partial charge on any atom is -0.778 e.